The van der Waals surface area contributed by atoms with Crippen LogP contribution in [0.1, 0.15) is 10.4 Å². The van der Waals surface area contributed by atoms with Gasteiger partial charge in [0, 0.05) is 51.4 Å². The predicted octanol–water partition coefficient (Wildman–Crippen LogP) is 1.81. The number of ether oxygens (including phenoxy) is 2. The molecule has 1 saturated heterocycles. The largest absolute Gasteiger partial charge is 0.497 e. The summed E-state index contributed by atoms with van der Waals surface area (Å²) in [4.78, 5) is 17.0. The van der Waals surface area contributed by atoms with Gasteiger partial charge in [-0.15, -0.1) is 5.10 Å². The molecule has 0 radical (unpaired) electrons. The summed E-state index contributed by atoms with van der Waals surface area (Å²) >= 11 is 0. The zero-order valence-electron chi connectivity index (χ0n) is 16.7. The second-order valence-corrected chi connectivity index (χ2v) is 7.08. The number of hydrogen-bond donors (Lipinski definition) is 0. The van der Waals surface area contributed by atoms with E-state index in [1.165, 1.54) is 0 Å². The number of methoxy groups -OCH3 is 1. The second-order valence-electron chi connectivity index (χ2n) is 7.08. The van der Waals surface area contributed by atoms with Crippen LogP contribution in [0.25, 0.3) is 11.0 Å². The van der Waals surface area contributed by atoms with Crippen molar-refractivity contribution in [2.24, 2.45) is 7.05 Å². The molecule has 0 saturated carbocycles. The van der Waals surface area contributed by atoms with Crippen molar-refractivity contribution in [3.8, 4) is 11.5 Å². The van der Waals surface area contributed by atoms with Crippen LogP contribution in [-0.4, -0.2) is 77.1 Å². The van der Waals surface area contributed by atoms with E-state index in [4.69, 9.17) is 9.47 Å². The lowest BCUT2D eigenvalue weighted by Crippen LogP contribution is -2.49. The zero-order valence-corrected chi connectivity index (χ0v) is 16.7. The number of rotatable bonds is 6. The highest BCUT2D eigenvalue weighted by Gasteiger charge is 2.22. The Balaban J connectivity index is 1.26. The van der Waals surface area contributed by atoms with Crippen LogP contribution in [0.3, 0.4) is 0 Å². The smallest absolute Gasteiger partial charge is 0.254 e. The van der Waals surface area contributed by atoms with E-state index in [1.807, 2.05) is 54.4 Å². The van der Waals surface area contributed by atoms with Crippen LogP contribution < -0.4 is 9.47 Å². The van der Waals surface area contributed by atoms with Crippen LogP contribution in [-0.2, 0) is 7.05 Å². The highest BCUT2D eigenvalue weighted by atomic mass is 16.5. The molecule has 0 unspecified atom stereocenters. The highest BCUT2D eigenvalue weighted by molar-refractivity contribution is 5.97. The summed E-state index contributed by atoms with van der Waals surface area (Å²) in [6.45, 7) is 4.50. The van der Waals surface area contributed by atoms with E-state index in [2.05, 4.69) is 15.2 Å². The van der Waals surface area contributed by atoms with Crippen molar-refractivity contribution in [2.45, 2.75) is 0 Å². The first-order chi connectivity index (χ1) is 14.1. The van der Waals surface area contributed by atoms with Crippen LogP contribution in [0.2, 0.25) is 0 Å². The summed E-state index contributed by atoms with van der Waals surface area (Å²) in [5, 5.41) is 8.10. The fourth-order valence-electron chi connectivity index (χ4n) is 3.51. The molecule has 29 heavy (non-hydrogen) atoms. The van der Waals surface area contributed by atoms with Gasteiger partial charge in [0.25, 0.3) is 5.91 Å². The molecule has 2 heterocycles. The number of carbonyl (C=O) groups excluding carboxylic acids is 1. The van der Waals surface area contributed by atoms with Gasteiger partial charge in [0.1, 0.15) is 23.6 Å². The van der Waals surface area contributed by atoms with Crippen LogP contribution in [0.5, 0.6) is 11.5 Å². The Labute approximate surface area is 169 Å². The van der Waals surface area contributed by atoms with Gasteiger partial charge in [0.05, 0.1) is 12.6 Å². The number of benzene rings is 2. The number of aryl methyl sites for hydroxylation is 1. The van der Waals surface area contributed by atoms with Gasteiger partial charge >= 0.3 is 0 Å². The predicted molar refractivity (Wildman–Crippen MR) is 109 cm³/mol. The first-order valence-corrected chi connectivity index (χ1v) is 9.72. The summed E-state index contributed by atoms with van der Waals surface area (Å²) in [7, 11) is 3.49. The van der Waals surface area contributed by atoms with E-state index >= 15 is 0 Å². The fraction of sp³-hybridized carbons (Fsp3) is 0.381. The number of nitrogens with zero attached hydrogens (tertiary/aromatic N) is 5. The molecule has 152 valence electrons. The maximum atomic E-state index is 12.8. The van der Waals surface area contributed by atoms with Crippen molar-refractivity contribution < 1.29 is 14.3 Å². The van der Waals surface area contributed by atoms with Crippen LogP contribution in [0.4, 0.5) is 0 Å². The molecule has 1 aromatic heterocycles. The number of carbonyl (C=O) groups is 1. The van der Waals surface area contributed by atoms with E-state index in [9.17, 15) is 4.79 Å². The summed E-state index contributed by atoms with van der Waals surface area (Å²) in [5.41, 5.74) is 2.32. The van der Waals surface area contributed by atoms with Gasteiger partial charge in [0.2, 0.25) is 0 Å². The Morgan fingerprint density at radius 1 is 1.07 bits per heavy atom. The minimum Gasteiger partial charge on any atom is -0.497 e. The van der Waals surface area contributed by atoms with Gasteiger partial charge in [-0.1, -0.05) is 11.3 Å². The van der Waals surface area contributed by atoms with Crippen molar-refractivity contribution in [2.75, 3.05) is 46.4 Å². The average molecular weight is 395 g/mol. The molecule has 1 fully saturated rings. The first-order valence-electron chi connectivity index (χ1n) is 9.72. The Hall–Kier alpha value is -3.13. The maximum absolute atomic E-state index is 12.8. The minimum atomic E-state index is 0.0461. The summed E-state index contributed by atoms with van der Waals surface area (Å²) < 4.78 is 12.7. The fourth-order valence-corrected chi connectivity index (χ4v) is 3.51. The number of piperazine rings is 1. The molecular weight excluding hydrogens is 370 g/mol. The monoisotopic (exact) mass is 395 g/mol. The Morgan fingerprint density at radius 2 is 1.86 bits per heavy atom. The Bertz CT molecular complexity index is 995. The molecular formula is C21H25N5O3. The molecule has 0 aliphatic carbocycles. The third-order valence-corrected chi connectivity index (χ3v) is 5.23. The second kappa shape index (κ2) is 8.48. The van der Waals surface area contributed by atoms with Gasteiger partial charge in [-0.25, -0.2) is 4.68 Å². The summed E-state index contributed by atoms with van der Waals surface area (Å²) in [6.07, 6.45) is 0. The van der Waals surface area contributed by atoms with Gasteiger partial charge in [-0.3, -0.25) is 9.69 Å². The molecule has 1 amide bonds. The molecule has 1 aliphatic rings. The molecule has 0 atom stereocenters. The molecule has 3 aromatic rings. The van der Waals surface area contributed by atoms with Crippen LogP contribution >= 0.6 is 0 Å². The van der Waals surface area contributed by atoms with Crippen molar-refractivity contribution in [3.05, 3.63) is 48.0 Å². The third-order valence-electron chi connectivity index (χ3n) is 5.23. The van der Waals surface area contributed by atoms with Crippen LogP contribution in [0, 0.1) is 0 Å². The molecule has 4 rings (SSSR count). The van der Waals surface area contributed by atoms with Crippen molar-refractivity contribution in [1.82, 2.24) is 24.8 Å². The number of amides is 1. The number of aromatic nitrogens is 3. The quantitative estimate of drug-likeness (QED) is 0.634. The van der Waals surface area contributed by atoms with Crippen molar-refractivity contribution in [3.63, 3.8) is 0 Å². The van der Waals surface area contributed by atoms with Gasteiger partial charge in [-0.05, 0) is 30.3 Å². The normalized spacial score (nSPS) is 14.9. The van der Waals surface area contributed by atoms with E-state index in [-0.39, 0.29) is 5.91 Å². The standard InChI is InChI=1S/C21H25N5O3/c1-24-20-7-6-16(14-19(20)22-23-24)21(27)26-10-8-25(9-11-26)12-13-29-18-5-3-4-17(15-18)28-2/h3-7,14-15H,8-13H2,1-2H3. The zero-order chi connectivity index (χ0) is 20.2. The van der Waals surface area contributed by atoms with Crippen molar-refractivity contribution >= 4 is 16.9 Å². The summed E-state index contributed by atoms with van der Waals surface area (Å²) in [6, 6.07) is 13.2. The van der Waals surface area contributed by atoms with Crippen LogP contribution in [0.15, 0.2) is 42.5 Å². The lowest BCUT2D eigenvalue weighted by atomic mass is 10.1. The lowest BCUT2D eigenvalue weighted by Gasteiger charge is -2.34. The van der Waals surface area contributed by atoms with Gasteiger partial charge in [-0.2, -0.15) is 0 Å². The summed E-state index contributed by atoms with van der Waals surface area (Å²) in [5.74, 6) is 1.64. The Kier molecular flexibility index (Phi) is 5.62. The van der Waals surface area contributed by atoms with Gasteiger partial charge in [0.15, 0.2) is 0 Å². The first kappa shape index (κ1) is 19.2. The van der Waals surface area contributed by atoms with E-state index in [0.29, 0.717) is 25.3 Å². The van der Waals surface area contributed by atoms with E-state index in [0.717, 1.165) is 42.2 Å². The van der Waals surface area contributed by atoms with Gasteiger partial charge < -0.3 is 14.4 Å². The molecule has 0 bridgehead atoms. The topological polar surface area (TPSA) is 72.7 Å². The average Bonchev–Trinajstić information content (AvgIpc) is 3.14. The van der Waals surface area contributed by atoms with E-state index in [1.54, 1.807) is 11.8 Å². The number of hydrogen-bond acceptors (Lipinski definition) is 6. The SMILES string of the molecule is COc1cccc(OCCN2CCN(C(=O)c3ccc4c(c3)nnn4C)CC2)c1. The number of fused-ring (bicyclic) bond motifs is 1. The van der Waals surface area contributed by atoms with Crippen molar-refractivity contribution in [1.29, 1.82) is 0 Å². The molecule has 2 aromatic carbocycles. The van der Waals surface area contributed by atoms with E-state index < -0.39 is 0 Å². The molecule has 8 heteroatoms. The third kappa shape index (κ3) is 4.32. The molecule has 0 N–H and O–H groups in total. The molecule has 1 aliphatic heterocycles. The highest BCUT2D eigenvalue weighted by Crippen LogP contribution is 2.19. The minimum absolute atomic E-state index is 0.0461. The Morgan fingerprint density at radius 3 is 2.66 bits per heavy atom. The maximum Gasteiger partial charge on any atom is 0.254 e. The lowest BCUT2D eigenvalue weighted by molar-refractivity contribution is 0.0620. The molecule has 8 nitrogen and oxygen atoms in total. The molecule has 0 spiro atoms.